The predicted molar refractivity (Wildman–Crippen MR) is 164 cm³/mol. The normalized spacial score (nSPS) is 15.4. The van der Waals surface area contributed by atoms with Crippen LogP contribution in [0.1, 0.15) is 82.9 Å². The molecule has 1 saturated carbocycles. The highest BCUT2D eigenvalue weighted by Gasteiger charge is 2.31. The molecular weight excluding hydrogens is 538 g/mol. The average molecular weight is 583 g/mol. The maximum atomic E-state index is 15.5. The van der Waals surface area contributed by atoms with Gasteiger partial charge in [-0.15, -0.1) is 0 Å². The number of aromatic nitrogens is 3. The Morgan fingerprint density at radius 1 is 1.24 bits per heavy atom. The van der Waals surface area contributed by atoms with Crippen LogP contribution in [0.4, 0.5) is 8.78 Å². The highest BCUT2D eigenvalue weighted by Crippen LogP contribution is 2.38. The van der Waals surface area contributed by atoms with Crippen LogP contribution in [0.2, 0.25) is 0 Å². The van der Waals surface area contributed by atoms with Crippen LogP contribution in [-0.2, 0) is 17.8 Å². The fourth-order valence-electron chi connectivity index (χ4n) is 4.23. The number of rotatable bonds is 13. The van der Waals surface area contributed by atoms with Crippen molar-refractivity contribution in [1.82, 2.24) is 19.9 Å². The van der Waals surface area contributed by atoms with Gasteiger partial charge < -0.3 is 20.1 Å². The number of halogens is 2. The Morgan fingerprint density at radius 2 is 1.95 bits per heavy atom. The van der Waals surface area contributed by atoms with Crippen molar-refractivity contribution in [2.75, 3.05) is 21.2 Å². The Morgan fingerprint density at radius 3 is 2.50 bits per heavy atom. The van der Waals surface area contributed by atoms with Gasteiger partial charge in [0, 0.05) is 49.5 Å². The lowest BCUT2D eigenvalue weighted by molar-refractivity contribution is 0.265. The Kier molecular flexibility index (Phi) is 11.2. The molecule has 2 aromatic rings. The van der Waals surface area contributed by atoms with Gasteiger partial charge in [0.05, 0.1) is 18.4 Å². The molecule has 8 nitrogen and oxygen atoms in total. The number of allylic oxidation sites excluding steroid dienone is 3. The molecule has 228 valence electrons. The van der Waals surface area contributed by atoms with Crippen molar-refractivity contribution in [2.45, 2.75) is 79.0 Å². The Labute approximate surface area is 248 Å². The molecule has 1 fully saturated rings. The minimum absolute atomic E-state index is 0.0444. The zero-order valence-corrected chi connectivity index (χ0v) is 26.1. The van der Waals surface area contributed by atoms with Crippen LogP contribution in [0, 0.1) is 11.7 Å². The number of aryl methyl sites for hydroxylation is 1. The fourth-order valence-corrected chi connectivity index (χ4v) is 4.23. The maximum absolute atomic E-state index is 15.5. The molecule has 0 atom stereocenters. The predicted octanol–water partition coefficient (Wildman–Crippen LogP) is 6.63. The molecule has 0 saturated heterocycles. The molecule has 0 aromatic carbocycles. The molecular formula is C32H44F2N6O2. The summed E-state index contributed by atoms with van der Waals surface area (Å²) in [6.45, 7) is 8.76. The van der Waals surface area contributed by atoms with E-state index in [4.69, 9.17) is 15.2 Å². The van der Waals surface area contributed by atoms with E-state index in [1.54, 1.807) is 44.5 Å². The summed E-state index contributed by atoms with van der Waals surface area (Å²) in [5.41, 5.74) is 8.78. The molecule has 0 radical (unpaired) electrons. The standard InChI is InChI=1S/C32H44F2N6O2/c1-9-11-12-25(40(7)18-20(3)32(4,5)34)28-24(33)15-21(16-37-28)19-42-30-22(10-2)17-38-29(39-30)26(31(36-6)41-8)27(35)23-13-14-23/h12,15-18,23H,9-11,13-14,19,35H2,1-8H3/b20-18+,25-12?,27-26-,36-31?. The minimum Gasteiger partial charge on any atom is -0.481 e. The number of aliphatic imine (C=N–C) groups is 1. The van der Waals surface area contributed by atoms with Crippen LogP contribution in [-0.4, -0.2) is 52.6 Å². The molecule has 10 heteroatoms. The van der Waals surface area contributed by atoms with Crippen molar-refractivity contribution < 1.29 is 18.3 Å². The smallest absolute Gasteiger partial charge is 0.221 e. The summed E-state index contributed by atoms with van der Waals surface area (Å²) in [5, 5.41) is 0. The summed E-state index contributed by atoms with van der Waals surface area (Å²) in [7, 11) is 4.93. The number of unbranched alkanes of at least 4 members (excludes halogenated alkanes) is 1. The maximum Gasteiger partial charge on any atom is 0.221 e. The summed E-state index contributed by atoms with van der Waals surface area (Å²) < 4.78 is 41.5. The topological polar surface area (TPSA) is 98.8 Å². The van der Waals surface area contributed by atoms with Crippen molar-refractivity contribution in [2.24, 2.45) is 16.6 Å². The van der Waals surface area contributed by atoms with Crippen LogP contribution in [0.5, 0.6) is 5.88 Å². The number of hydrogen-bond donors (Lipinski definition) is 1. The number of alkyl halides is 1. The monoisotopic (exact) mass is 582 g/mol. The highest BCUT2D eigenvalue weighted by atomic mass is 19.1. The van der Waals surface area contributed by atoms with Gasteiger partial charge in [-0.25, -0.2) is 13.8 Å². The number of ether oxygens (including phenoxy) is 2. The molecule has 42 heavy (non-hydrogen) atoms. The molecule has 1 aliphatic rings. The molecule has 1 aliphatic carbocycles. The van der Waals surface area contributed by atoms with Crippen LogP contribution in [0.15, 0.2) is 47.0 Å². The van der Waals surface area contributed by atoms with E-state index in [9.17, 15) is 4.39 Å². The molecule has 0 bridgehead atoms. The Bertz CT molecular complexity index is 1370. The van der Waals surface area contributed by atoms with Crippen LogP contribution >= 0.6 is 0 Å². The molecule has 3 rings (SSSR count). The number of nitrogens with two attached hydrogens (primary N) is 1. The summed E-state index contributed by atoms with van der Waals surface area (Å²) in [5.74, 6) is 0.839. The van der Waals surface area contributed by atoms with E-state index in [2.05, 4.69) is 19.9 Å². The van der Waals surface area contributed by atoms with E-state index in [-0.39, 0.29) is 18.2 Å². The second-order valence-electron chi connectivity index (χ2n) is 11.0. The first-order valence-electron chi connectivity index (χ1n) is 14.4. The van der Waals surface area contributed by atoms with Crippen molar-refractivity contribution in [3.05, 3.63) is 70.5 Å². The summed E-state index contributed by atoms with van der Waals surface area (Å²) >= 11 is 0. The molecule has 0 spiro atoms. The van der Waals surface area contributed by atoms with Gasteiger partial charge in [-0.1, -0.05) is 26.3 Å². The second kappa shape index (κ2) is 14.4. The van der Waals surface area contributed by atoms with E-state index < -0.39 is 11.5 Å². The Hall–Kier alpha value is -3.82. The van der Waals surface area contributed by atoms with E-state index in [0.717, 1.165) is 31.2 Å². The van der Waals surface area contributed by atoms with E-state index in [0.29, 0.717) is 52.1 Å². The average Bonchev–Trinajstić information content (AvgIpc) is 3.80. The van der Waals surface area contributed by atoms with E-state index in [1.807, 2.05) is 19.9 Å². The van der Waals surface area contributed by atoms with Gasteiger partial charge >= 0.3 is 0 Å². The largest absolute Gasteiger partial charge is 0.481 e. The van der Waals surface area contributed by atoms with E-state index >= 15 is 4.39 Å². The van der Waals surface area contributed by atoms with Crippen molar-refractivity contribution in [3.8, 4) is 5.88 Å². The van der Waals surface area contributed by atoms with Crippen molar-refractivity contribution in [3.63, 3.8) is 0 Å². The molecule has 2 aromatic heterocycles. The summed E-state index contributed by atoms with van der Waals surface area (Å²) in [6, 6.07) is 1.41. The lowest BCUT2D eigenvalue weighted by Gasteiger charge is -2.23. The second-order valence-corrected chi connectivity index (χ2v) is 11.0. The van der Waals surface area contributed by atoms with E-state index in [1.165, 1.54) is 27.0 Å². The van der Waals surface area contributed by atoms with Crippen molar-refractivity contribution in [1.29, 1.82) is 0 Å². The Balaban J connectivity index is 1.90. The molecule has 2 heterocycles. The molecule has 0 aliphatic heterocycles. The molecule has 0 amide bonds. The number of nitrogens with zero attached hydrogens (tertiary/aromatic N) is 5. The molecule has 0 unspecified atom stereocenters. The van der Waals surface area contributed by atoms with Gasteiger partial charge in [0.2, 0.25) is 11.8 Å². The number of pyridine rings is 1. The van der Waals surface area contributed by atoms with Crippen LogP contribution in [0.3, 0.4) is 0 Å². The first kappa shape index (κ1) is 32.7. The quantitative estimate of drug-likeness (QED) is 0.209. The van der Waals surface area contributed by atoms with Gasteiger partial charge in [0.1, 0.15) is 18.0 Å². The van der Waals surface area contributed by atoms with Crippen LogP contribution in [0.25, 0.3) is 11.3 Å². The minimum atomic E-state index is -1.50. The molecule has 2 N–H and O–H groups in total. The third kappa shape index (κ3) is 8.14. The zero-order chi connectivity index (χ0) is 31.0. The lowest BCUT2D eigenvalue weighted by atomic mass is 10.0. The number of methoxy groups -OCH3 is 1. The van der Waals surface area contributed by atoms with Crippen molar-refractivity contribution >= 4 is 17.2 Å². The zero-order valence-electron chi connectivity index (χ0n) is 26.1. The third-order valence-electron chi connectivity index (χ3n) is 7.19. The first-order valence-corrected chi connectivity index (χ1v) is 14.4. The summed E-state index contributed by atoms with van der Waals surface area (Å²) in [4.78, 5) is 19.6. The first-order chi connectivity index (χ1) is 19.9. The lowest BCUT2D eigenvalue weighted by Crippen LogP contribution is -2.19. The van der Waals surface area contributed by atoms with Gasteiger partial charge in [0.25, 0.3) is 0 Å². The highest BCUT2D eigenvalue weighted by molar-refractivity contribution is 6.19. The van der Waals surface area contributed by atoms with Gasteiger partial charge in [0.15, 0.2) is 11.6 Å². The fraction of sp³-hybridized carbons (Fsp3) is 0.500. The van der Waals surface area contributed by atoms with Crippen LogP contribution < -0.4 is 10.5 Å². The van der Waals surface area contributed by atoms with Gasteiger partial charge in [-0.2, -0.15) is 4.98 Å². The third-order valence-corrected chi connectivity index (χ3v) is 7.19. The van der Waals surface area contributed by atoms with Gasteiger partial charge in [-0.3, -0.25) is 9.98 Å². The number of hydrogen-bond acceptors (Lipinski definition) is 8. The van der Waals surface area contributed by atoms with Gasteiger partial charge in [-0.05, 0) is 64.0 Å². The summed E-state index contributed by atoms with van der Waals surface area (Å²) in [6.07, 6.45) is 11.1. The SMILES string of the molecule is CCCC=C(c1ncc(COc2nc(/C(C(=NC)OC)=C(/N)C3CC3)ncc2CC)cc1F)N(C)/C=C(\C)C(C)(C)F.